The Bertz CT molecular complexity index is 1450. The lowest BCUT2D eigenvalue weighted by atomic mass is 9.93. The summed E-state index contributed by atoms with van der Waals surface area (Å²) >= 11 is 0. The van der Waals surface area contributed by atoms with E-state index in [1.165, 1.54) is 0 Å². The van der Waals surface area contributed by atoms with Gasteiger partial charge >= 0.3 is 0 Å². The smallest absolute Gasteiger partial charge is 0.295 e. The number of ether oxygens (including phenoxy) is 3. The number of Topliss-reactive ketones (excluding diaryl/α,β-unsaturated/α-hetero) is 1. The minimum absolute atomic E-state index is 0.0747. The molecule has 41 heavy (non-hydrogen) atoms. The molecule has 1 unspecified atom stereocenters. The fourth-order valence-electron chi connectivity index (χ4n) is 5.38. The third-order valence-corrected chi connectivity index (χ3v) is 7.69. The minimum atomic E-state index is -0.784. The first-order valence-corrected chi connectivity index (χ1v) is 13.9. The standard InChI is InChI=1S/C33H36N2O6/c1-22-9-10-23(2)26(19-22)31(36)29-30(35(33(38)32(29)37)14-13-34-15-17-40-18-16-34)25-11-12-27(28(20-25)39-3)41-21-24-7-5-4-6-8-24/h4-12,19-20,30,36H,13-18,21H2,1-3H3/b31-29+. The number of benzene rings is 3. The molecule has 2 heterocycles. The monoisotopic (exact) mass is 556 g/mol. The first-order chi connectivity index (χ1) is 19.9. The number of likely N-dealkylation sites (tertiary alicyclic amines) is 1. The largest absolute Gasteiger partial charge is 0.507 e. The van der Waals surface area contributed by atoms with E-state index in [1.807, 2.05) is 68.4 Å². The van der Waals surface area contributed by atoms with Gasteiger partial charge < -0.3 is 24.2 Å². The molecule has 8 nitrogen and oxygen atoms in total. The number of carbonyl (C=O) groups is 2. The average Bonchev–Trinajstić information content (AvgIpc) is 3.25. The van der Waals surface area contributed by atoms with E-state index in [-0.39, 0.29) is 11.3 Å². The highest BCUT2D eigenvalue weighted by atomic mass is 16.5. The minimum Gasteiger partial charge on any atom is -0.507 e. The summed E-state index contributed by atoms with van der Waals surface area (Å²) in [5.74, 6) is -0.479. The zero-order valence-electron chi connectivity index (χ0n) is 23.8. The van der Waals surface area contributed by atoms with Crippen LogP contribution in [0.25, 0.3) is 5.76 Å². The summed E-state index contributed by atoms with van der Waals surface area (Å²) in [6.45, 7) is 7.87. The van der Waals surface area contributed by atoms with Gasteiger partial charge in [-0.15, -0.1) is 0 Å². The molecule has 2 aliphatic heterocycles. The number of amides is 1. The summed E-state index contributed by atoms with van der Waals surface area (Å²) in [4.78, 5) is 30.8. The van der Waals surface area contributed by atoms with Crippen LogP contribution >= 0.6 is 0 Å². The Morgan fingerprint density at radius 2 is 1.71 bits per heavy atom. The van der Waals surface area contributed by atoms with Crippen LogP contribution < -0.4 is 9.47 Å². The van der Waals surface area contributed by atoms with Crippen LogP contribution in [0, 0.1) is 13.8 Å². The summed E-state index contributed by atoms with van der Waals surface area (Å²) in [7, 11) is 1.56. The predicted octanol–water partition coefficient (Wildman–Crippen LogP) is 4.64. The molecular formula is C33H36N2O6. The van der Waals surface area contributed by atoms with Gasteiger partial charge in [0, 0.05) is 31.7 Å². The number of aliphatic hydroxyl groups excluding tert-OH is 1. The molecule has 214 valence electrons. The van der Waals surface area contributed by atoms with Crippen LogP contribution in [0.2, 0.25) is 0 Å². The molecule has 3 aromatic rings. The van der Waals surface area contributed by atoms with Gasteiger partial charge in [-0.2, -0.15) is 0 Å². The summed E-state index contributed by atoms with van der Waals surface area (Å²) in [5, 5.41) is 11.6. The van der Waals surface area contributed by atoms with Crippen molar-refractivity contribution in [3.8, 4) is 11.5 Å². The van der Waals surface area contributed by atoms with Gasteiger partial charge in [0.1, 0.15) is 12.4 Å². The van der Waals surface area contributed by atoms with Crippen LogP contribution in [0.4, 0.5) is 0 Å². The number of aryl methyl sites for hydroxylation is 2. The molecule has 1 N–H and O–H groups in total. The van der Waals surface area contributed by atoms with E-state index in [1.54, 1.807) is 24.1 Å². The maximum absolute atomic E-state index is 13.5. The molecule has 0 saturated carbocycles. The third-order valence-electron chi connectivity index (χ3n) is 7.69. The molecule has 8 heteroatoms. The van der Waals surface area contributed by atoms with Gasteiger partial charge in [0.05, 0.1) is 31.9 Å². The molecule has 0 spiro atoms. The van der Waals surface area contributed by atoms with Gasteiger partial charge in [-0.1, -0.05) is 54.1 Å². The van der Waals surface area contributed by atoms with Crippen LogP contribution in [0.3, 0.4) is 0 Å². The number of nitrogens with zero attached hydrogens (tertiary/aromatic N) is 2. The van der Waals surface area contributed by atoms with Gasteiger partial charge in [-0.25, -0.2) is 0 Å². The van der Waals surface area contributed by atoms with Gasteiger partial charge in [-0.3, -0.25) is 14.5 Å². The average molecular weight is 557 g/mol. The van der Waals surface area contributed by atoms with E-state index in [0.29, 0.717) is 55.5 Å². The zero-order chi connectivity index (χ0) is 28.9. The summed E-state index contributed by atoms with van der Waals surface area (Å²) in [6.07, 6.45) is 0. The second-order valence-electron chi connectivity index (χ2n) is 10.4. The Morgan fingerprint density at radius 1 is 0.951 bits per heavy atom. The molecule has 2 saturated heterocycles. The summed E-state index contributed by atoms with van der Waals surface area (Å²) in [6, 6.07) is 20.1. The fourth-order valence-corrected chi connectivity index (χ4v) is 5.38. The van der Waals surface area contributed by atoms with Crippen LogP contribution in [0.15, 0.2) is 72.3 Å². The van der Waals surface area contributed by atoms with Crippen LogP contribution in [0.1, 0.15) is 33.9 Å². The Kier molecular flexibility index (Phi) is 8.71. The zero-order valence-corrected chi connectivity index (χ0v) is 23.8. The molecule has 0 bridgehead atoms. The van der Waals surface area contributed by atoms with Crippen molar-refractivity contribution in [3.63, 3.8) is 0 Å². The van der Waals surface area contributed by atoms with Crippen molar-refractivity contribution in [2.75, 3.05) is 46.5 Å². The molecule has 0 aliphatic carbocycles. The Hall–Kier alpha value is -4.14. The molecule has 5 rings (SSSR count). The Balaban J connectivity index is 1.53. The first kappa shape index (κ1) is 28.4. The van der Waals surface area contributed by atoms with Crippen molar-refractivity contribution in [1.29, 1.82) is 0 Å². The molecule has 2 aliphatic rings. The molecule has 0 aromatic heterocycles. The topological polar surface area (TPSA) is 88.5 Å². The Morgan fingerprint density at radius 3 is 2.44 bits per heavy atom. The van der Waals surface area contributed by atoms with Crippen molar-refractivity contribution in [2.45, 2.75) is 26.5 Å². The van der Waals surface area contributed by atoms with Gasteiger partial charge in [0.25, 0.3) is 11.7 Å². The van der Waals surface area contributed by atoms with E-state index in [4.69, 9.17) is 14.2 Å². The van der Waals surface area contributed by atoms with Crippen molar-refractivity contribution in [2.24, 2.45) is 0 Å². The lowest BCUT2D eigenvalue weighted by Gasteiger charge is -2.31. The number of aliphatic hydroxyl groups is 1. The number of morpholine rings is 1. The van der Waals surface area contributed by atoms with E-state index < -0.39 is 17.7 Å². The number of methoxy groups -OCH3 is 1. The van der Waals surface area contributed by atoms with Gasteiger partial charge in [0.2, 0.25) is 0 Å². The summed E-state index contributed by atoms with van der Waals surface area (Å²) < 4.78 is 17.2. The highest BCUT2D eigenvalue weighted by Gasteiger charge is 2.46. The molecule has 3 aromatic carbocycles. The Labute approximate surface area is 240 Å². The number of carbonyl (C=O) groups excluding carboxylic acids is 2. The quantitative estimate of drug-likeness (QED) is 0.233. The van der Waals surface area contributed by atoms with Crippen molar-refractivity contribution >= 4 is 17.4 Å². The lowest BCUT2D eigenvalue weighted by Crippen LogP contribution is -2.42. The van der Waals surface area contributed by atoms with E-state index in [0.717, 1.165) is 29.8 Å². The highest BCUT2D eigenvalue weighted by molar-refractivity contribution is 6.46. The number of hydrogen-bond acceptors (Lipinski definition) is 7. The maximum Gasteiger partial charge on any atom is 0.295 e. The van der Waals surface area contributed by atoms with Crippen LogP contribution in [-0.2, 0) is 20.9 Å². The first-order valence-electron chi connectivity index (χ1n) is 13.9. The lowest BCUT2D eigenvalue weighted by molar-refractivity contribution is -0.140. The number of rotatable bonds is 9. The van der Waals surface area contributed by atoms with Crippen LogP contribution in [0.5, 0.6) is 11.5 Å². The third kappa shape index (κ3) is 6.14. The van der Waals surface area contributed by atoms with Crippen molar-refractivity contribution < 1.29 is 28.9 Å². The second kappa shape index (κ2) is 12.6. The number of hydrogen-bond donors (Lipinski definition) is 1. The number of ketones is 1. The second-order valence-corrected chi connectivity index (χ2v) is 10.4. The van der Waals surface area contributed by atoms with Gasteiger partial charge in [-0.05, 0) is 48.7 Å². The highest BCUT2D eigenvalue weighted by Crippen LogP contribution is 2.42. The predicted molar refractivity (Wildman–Crippen MR) is 156 cm³/mol. The molecule has 1 atom stereocenters. The molecule has 1 amide bonds. The van der Waals surface area contributed by atoms with E-state index in [9.17, 15) is 14.7 Å². The summed E-state index contributed by atoms with van der Waals surface area (Å²) in [5.41, 5.74) is 4.04. The SMILES string of the molecule is COc1cc(C2/C(=C(\O)c3cc(C)ccc3C)C(=O)C(=O)N2CCN2CCOCC2)ccc1OCc1ccccc1. The fraction of sp³-hybridized carbons (Fsp3) is 0.333. The normalized spacial score (nSPS) is 19.0. The van der Waals surface area contributed by atoms with Crippen molar-refractivity contribution in [1.82, 2.24) is 9.80 Å². The molecular weight excluding hydrogens is 520 g/mol. The van der Waals surface area contributed by atoms with Gasteiger partial charge in [0.15, 0.2) is 11.5 Å². The molecule has 2 fully saturated rings. The van der Waals surface area contributed by atoms with E-state index in [2.05, 4.69) is 4.90 Å². The van der Waals surface area contributed by atoms with Crippen molar-refractivity contribution in [3.05, 3.63) is 100 Å². The van der Waals surface area contributed by atoms with Crippen LogP contribution in [-0.4, -0.2) is 73.1 Å². The van der Waals surface area contributed by atoms with E-state index >= 15 is 0 Å². The molecule has 0 radical (unpaired) electrons. The maximum atomic E-state index is 13.5.